The van der Waals surface area contributed by atoms with Gasteiger partial charge >= 0.3 is 0 Å². The van der Waals surface area contributed by atoms with Crippen molar-refractivity contribution in [2.45, 2.75) is 51.6 Å². The highest BCUT2D eigenvalue weighted by atomic mass is 16.5. The number of rotatable bonds is 8. The van der Waals surface area contributed by atoms with Gasteiger partial charge in [-0.2, -0.15) is 0 Å². The van der Waals surface area contributed by atoms with Gasteiger partial charge in [-0.1, -0.05) is 12.1 Å². The fraction of sp³-hybridized carbons (Fsp3) is 0.481. The molecule has 1 atom stereocenters. The zero-order chi connectivity index (χ0) is 22.9. The number of amides is 1. The first kappa shape index (κ1) is 22.0. The van der Waals surface area contributed by atoms with Crippen molar-refractivity contribution in [3.8, 4) is 5.75 Å². The summed E-state index contributed by atoms with van der Waals surface area (Å²) in [7, 11) is 3.93. The zero-order valence-electron chi connectivity index (χ0n) is 20.0. The summed E-state index contributed by atoms with van der Waals surface area (Å²) < 4.78 is 7.97. The van der Waals surface area contributed by atoms with Crippen LogP contribution < -0.4 is 9.64 Å². The Balaban J connectivity index is 1.43. The van der Waals surface area contributed by atoms with Crippen molar-refractivity contribution in [1.82, 2.24) is 14.5 Å². The van der Waals surface area contributed by atoms with Crippen LogP contribution in [0.15, 0.2) is 42.5 Å². The summed E-state index contributed by atoms with van der Waals surface area (Å²) in [5.74, 6) is 2.91. The van der Waals surface area contributed by atoms with E-state index in [9.17, 15) is 4.79 Å². The minimum Gasteiger partial charge on any atom is -0.494 e. The van der Waals surface area contributed by atoms with Gasteiger partial charge in [0.2, 0.25) is 5.91 Å². The second-order valence-corrected chi connectivity index (χ2v) is 9.54. The minimum atomic E-state index is -0.0201. The van der Waals surface area contributed by atoms with E-state index < -0.39 is 0 Å². The Morgan fingerprint density at radius 1 is 1.15 bits per heavy atom. The third-order valence-electron chi connectivity index (χ3n) is 7.07. The number of anilines is 1. The summed E-state index contributed by atoms with van der Waals surface area (Å²) in [6.07, 6.45) is 5.40. The molecule has 33 heavy (non-hydrogen) atoms. The third kappa shape index (κ3) is 4.62. The third-order valence-corrected chi connectivity index (χ3v) is 7.07. The lowest BCUT2D eigenvalue weighted by molar-refractivity contribution is -0.122. The molecule has 6 heteroatoms. The van der Waals surface area contributed by atoms with Crippen molar-refractivity contribution in [3.63, 3.8) is 0 Å². The summed E-state index contributed by atoms with van der Waals surface area (Å²) in [5.41, 5.74) is 4.26. The maximum atomic E-state index is 13.1. The molecule has 1 aromatic heterocycles. The second kappa shape index (κ2) is 9.18. The van der Waals surface area contributed by atoms with E-state index in [1.165, 1.54) is 18.4 Å². The molecular formula is C27H34N4O2. The number of fused-ring (bicyclic) bond motifs is 1. The number of imidazole rings is 1. The summed E-state index contributed by atoms with van der Waals surface area (Å²) in [4.78, 5) is 22.1. The highest BCUT2D eigenvalue weighted by molar-refractivity contribution is 5.98. The topological polar surface area (TPSA) is 50.6 Å². The van der Waals surface area contributed by atoms with Crippen LogP contribution in [0.2, 0.25) is 0 Å². The maximum absolute atomic E-state index is 13.1. The van der Waals surface area contributed by atoms with E-state index in [1.54, 1.807) is 4.90 Å². The van der Waals surface area contributed by atoms with E-state index in [0.29, 0.717) is 6.61 Å². The number of nitrogens with zero attached hydrogens (tertiary/aromatic N) is 4. The Bertz CT molecular complexity index is 1130. The van der Waals surface area contributed by atoms with E-state index in [-0.39, 0.29) is 11.9 Å². The van der Waals surface area contributed by atoms with Crippen molar-refractivity contribution in [2.75, 3.05) is 32.1 Å². The van der Waals surface area contributed by atoms with Gasteiger partial charge in [0, 0.05) is 25.7 Å². The van der Waals surface area contributed by atoms with Gasteiger partial charge in [-0.05, 0) is 88.0 Å². The molecular weight excluding hydrogens is 412 g/mol. The van der Waals surface area contributed by atoms with Crippen LogP contribution in [-0.2, 0) is 17.8 Å². The average Bonchev–Trinajstić information content (AvgIpc) is 3.45. The van der Waals surface area contributed by atoms with E-state index in [1.807, 2.05) is 33.2 Å². The van der Waals surface area contributed by atoms with E-state index in [4.69, 9.17) is 9.72 Å². The van der Waals surface area contributed by atoms with Crippen LogP contribution >= 0.6 is 0 Å². The molecule has 6 nitrogen and oxygen atoms in total. The molecule has 1 aliphatic heterocycles. The lowest BCUT2D eigenvalue weighted by Crippen LogP contribution is -2.42. The molecule has 0 N–H and O–H groups in total. The number of likely N-dealkylation sites (N-methyl/N-ethyl adjacent to an activating group) is 2. The summed E-state index contributed by atoms with van der Waals surface area (Å²) in [5, 5.41) is 0. The molecule has 2 fully saturated rings. The van der Waals surface area contributed by atoms with Gasteiger partial charge in [-0.25, -0.2) is 4.98 Å². The van der Waals surface area contributed by atoms with Crippen LogP contribution in [-0.4, -0.2) is 53.6 Å². The first-order chi connectivity index (χ1) is 16.0. The van der Waals surface area contributed by atoms with Gasteiger partial charge in [-0.15, -0.1) is 0 Å². The Kier molecular flexibility index (Phi) is 6.11. The van der Waals surface area contributed by atoms with Crippen molar-refractivity contribution >= 4 is 22.6 Å². The highest BCUT2D eigenvalue weighted by Gasteiger charge is 2.31. The minimum absolute atomic E-state index is 0.0201. The Morgan fingerprint density at radius 3 is 2.61 bits per heavy atom. The summed E-state index contributed by atoms with van der Waals surface area (Å²) >= 11 is 0. The Hall–Kier alpha value is -2.86. The fourth-order valence-corrected chi connectivity index (χ4v) is 4.90. The van der Waals surface area contributed by atoms with Gasteiger partial charge in [0.1, 0.15) is 11.6 Å². The molecule has 2 aromatic carbocycles. The molecule has 5 rings (SSSR count). The Labute approximate surface area is 196 Å². The smallest absolute Gasteiger partial charge is 0.244 e. The molecule has 1 amide bonds. The first-order valence-corrected chi connectivity index (χ1v) is 12.2. The predicted molar refractivity (Wildman–Crippen MR) is 132 cm³/mol. The number of likely N-dealkylation sites (tertiary alicyclic amines) is 1. The lowest BCUT2D eigenvalue weighted by Gasteiger charge is -2.25. The molecule has 174 valence electrons. The van der Waals surface area contributed by atoms with Gasteiger partial charge in [-0.3, -0.25) is 9.69 Å². The normalized spacial score (nSPS) is 18.7. The quantitative estimate of drug-likeness (QED) is 0.512. The number of benzene rings is 2. The van der Waals surface area contributed by atoms with E-state index in [0.717, 1.165) is 66.6 Å². The van der Waals surface area contributed by atoms with Crippen LogP contribution in [0, 0.1) is 5.92 Å². The van der Waals surface area contributed by atoms with Crippen LogP contribution in [0.5, 0.6) is 5.75 Å². The van der Waals surface area contributed by atoms with Gasteiger partial charge in [0.25, 0.3) is 0 Å². The molecule has 0 spiro atoms. The van der Waals surface area contributed by atoms with Crippen LogP contribution in [0.25, 0.3) is 11.0 Å². The maximum Gasteiger partial charge on any atom is 0.244 e. The first-order valence-electron chi connectivity index (χ1n) is 12.2. The van der Waals surface area contributed by atoms with Crippen molar-refractivity contribution in [1.29, 1.82) is 0 Å². The van der Waals surface area contributed by atoms with Gasteiger partial charge in [0.15, 0.2) is 0 Å². The van der Waals surface area contributed by atoms with Crippen LogP contribution in [0.3, 0.4) is 0 Å². The molecule has 1 saturated heterocycles. The van der Waals surface area contributed by atoms with Crippen molar-refractivity contribution in [2.24, 2.45) is 5.92 Å². The van der Waals surface area contributed by atoms with Crippen molar-refractivity contribution in [3.05, 3.63) is 53.9 Å². The Morgan fingerprint density at radius 2 is 1.94 bits per heavy atom. The number of aromatic nitrogens is 2. The zero-order valence-corrected chi connectivity index (χ0v) is 20.0. The predicted octanol–water partition coefficient (Wildman–Crippen LogP) is 4.49. The summed E-state index contributed by atoms with van der Waals surface area (Å²) in [6.45, 7) is 4.68. The monoisotopic (exact) mass is 446 g/mol. The van der Waals surface area contributed by atoms with E-state index in [2.05, 4.69) is 39.8 Å². The number of carbonyl (C=O) groups excluding carboxylic acids is 1. The average molecular weight is 447 g/mol. The number of hydrogen-bond acceptors (Lipinski definition) is 4. The summed E-state index contributed by atoms with van der Waals surface area (Å²) in [6, 6.07) is 14.6. The van der Waals surface area contributed by atoms with Crippen molar-refractivity contribution < 1.29 is 9.53 Å². The molecule has 0 unspecified atom stereocenters. The number of hydrogen-bond donors (Lipinski definition) is 0. The number of ether oxygens (including phenoxy) is 1. The molecule has 3 aromatic rings. The van der Waals surface area contributed by atoms with Crippen LogP contribution in [0.4, 0.5) is 5.69 Å². The SMILES string of the molecule is CCOc1ccc(Cc2nc3cc(N(C)C(=O)[C@@H]4CCCN4C)ccc3n2CC2CC2)cc1. The fourth-order valence-electron chi connectivity index (χ4n) is 4.90. The van der Waals surface area contributed by atoms with Gasteiger partial charge < -0.3 is 14.2 Å². The molecule has 0 bridgehead atoms. The second-order valence-electron chi connectivity index (χ2n) is 9.54. The standard InChI is InChI=1S/C27H34N4O2/c1-4-33-22-12-9-19(10-13-22)16-26-28-23-17-21(11-14-24(23)31(26)18-20-7-8-20)30(3)27(32)25-6-5-15-29(25)2/h9-14,17,20,25H,4-8,15-16,18H2,1-3H3/t25-/m0/s1. The van der Waals surface area contributed by atoms with E-state index >= 15 is 0 Å². The molecule has 2 heterocycles. The highest BCUT2D eigenvalue weighted by Crippen LogP contribution is 2.34. The number of carbonyl (C=O) groups is 1. The van der Waals surface area contributed by atoms with Crippen LogP contribution in [0.1, 0.15) is 44.0 Å². The molecule has 0 radical (unpaired) electrons. The molecule has 2 aliphatic rings. The molecule has 1 saturated carbocycles. The largest absolute Gasteiger partial charge is 0.494 e. The van der Waals surface area contributed by atoms with Gasteiger partial charge in [0.05, 0.1) is 23.7 Å². The lowest BCUT2D eigenvalue weighted by atomic mass is 10.1. The molecule has 1 aliphatic carbocycles.